The van der Waals surface area contributed by atoms with Crippen molar-refractivity contribution < 1.29 is 13.2 Å². The Morgan fingerprint density at radius 2 is 2.08 bits per heavy atom. The molecule has 0 N–H and O–H groups in total. The van der Waals surface area contributed by atoms with Crippen molar-refractivity contribution in [1.29, 1.82) is 5.26 Å². The molecule has 6 nitrogen and oxygen atoms in total. The Bertz CT molecular complexity index is 889. The summed E-state index contributed by atoms with van der Waals surface area (Å²) < 4.78 is 32.4. The van der Waals surface area contributed by atoms with E-state index in [4.69, 9.17) is 10.00 Å². The molecule has 1 saturated heterocycles. The monoisotopic (exact) mass is 357 g/mol. The third-order valence-electron chi connectivity index (χ3n) is 4.12. The lowest BCUT2D eigenvalue weighted by molar-refractivity contribution is 0.207. The number of ether oxygens (including phenoxy) is 1. The van der Waals surface area contributed by atoms with Crippen LogP contribution < -0.4 is 4.74 Å². The Balaban J connectivity index is 1.63. The lowest BCUT2D eigenvalue weighted by Crippen LogP contribution is -2.32. The Morgan fingerprint density at radius 1 is 1.32 bits per heavy atom. The number of aryl methyl sites for hydroxylation is 1. The van der Waals surface area contributed by atoms with Gasteiger partial charge < -0.3 is 4.74 Å². The summed E-state index contributed by atoms with van der Waals surface area (Å²) in [6.07, 6.45) is 1.86. The van der Waals surface area contributed by atoms with E-state index in [2.05, 4.69) is 4.98 Å². The van der Waals surface area contributed by atoms with Gasteiger partial charge in [0.05, 0.1) is 23.9 Å². The highest BCUT2D eigenvalue weighted by Gasteiger charge is 2.32. The summed E-state index contributed by atoms with van der Waals surface area (Å²) in [6, 6.07) is 12.7. The fourth-order valence-corrected chi connectivity index (χ4v) is 4.32. The molecule has 2 heterocycles. The molecule has 3 rings (SSSR count). The minimum atomic E-state index is -3.38. The highest BCUT2D eigenvalue weighted by molar-refractivity contribution is 7.88. The summed E-state index contributed by atoms with van der Waals surface area (Å²) in [5.74, 6) is 0.337. The highest BCUT2D eigenvalue weighted by atomic mass is 32.2. The van der Waals surface area contributed by atoms with E-state index in [1.165, 1.54) is 10.5 Å². The lowest BCUT2D eigenvalue weighted by Gasteiger charge is -2.17. The van der Waals surface area contributed by atoms with Gasteiger partial charge >= 0.3 is 0 Å². The average Bonchev–Trinajstić information content (AvgIpc) is 3.06. The molecule has 1 fully saturated rings. The SMILES string of the molecule is Cc1ccc(CS(=O)(=O)N2CCC(Oc3cc(C#N)ccn3)C2)cc1. The molecule has 25 heavy (non-hydrogen) atoms. The molecule has 1 unspecified atom stereocenters. The van der Waals surface area contributed by atoms with Crippen molar-refractivity contribution in [1.82, 2.24) is 9.29 Å². The third kappa shape index (κ3) is 4.35. The summed E-state index contributed by atoms with van der Waals surface area (Å²) in [5.41, 5.74) is 2.34. The van der Waals surface area contributed by atoms with E-state index in [9.17, 15) is 8.42 Å². The van der Waals surface area contributed by atoms with Crippen LogP contribution in [0.3, 0.4) is 0 Å². The minimum absolute atomic E-state index is 0.0117. The topological polar surface area (TPSA) is 83.3 Å². The number of nitrogens with zero attached hydrogens (tertiary/aromatic N) is 3. The molecule has 0 amide bonds. The van der Waals surface area contributed by atoms with Crippen LogP contribution in [0.4, 0.5) is 0 Å². The molecule has 2 aromatic rings. The summed E-state index contributed by atoms with van der Waals surface area (Å²) in [6.45, 7) is 2.69. The van der Waals surface area contributed by atoms with E-state index in [0.717, 1.165) is 11.1 Å². The second-order valence-electron chi connectivity index (χ2n) is 6.12. The fraction of sp³-hybridized carbons (Fsp3) is 0.333. The number of nitriles is 1. The molecule has 1 aliphatic heterocycles. The first kappa shape index (κ1) is 17.4. The van der Waals surface area contributed by atoms with Gasteiger partial charge in [0.15, 0.2) is 0 Å². The first-order valence-corrected chi connectivity index (χ1v) is 9.63. The van der Waals surface area contributed by atoms with E-state index < -0.39 is 10.0 Å². The van der Waals surface area contributed by atoms with Crippen LogP contribution in [0.2, 0.25) is 0 Å². The van der Waals surface area contributed by atoms with Gasteiger partial charge in [-0.2, -0.15) is 9.57 Å². The van der Waals surface area contributed by atoms with E-state index in [-0.39, 0.29) is 11.9 Å². The van der Waals surface area contributed by atoms with Gasteiger partial charge in [-0.15, -0.1) is 0 Å². The summed E-state index contributed by atoms with van der Waals surface area (Å²) in [4.78, 5) is 4.07. The largest absolute Gasteiger partial charge is 0.473 e. The molecule has 1 aromatic heterocycles. The minimum Gasteiger partial charge on any atom is -0.473 e. The van der Waals surface area contributed by atoms with Crippen molar-refractivity contribution >= 4 is 10.0 Å². The van der Waals surface area contributed by atoms with Crippen LogP contribution in [0.15, 0.2) is 42.6 Å². The van der Waals surface area contributed by atoms with Gasteiger partial charge in [0.2, 0.25) is 15.9 Å². The molecular formula is C18H19N3O3S. The van der Waals surface area contributed by atoms with Crippen LogP contribution in [0, 0.1) is 18.3 Å². The van der Waals surface area contributed by atoms with Crippen molar-refractivity contribution in [3.8, 4) is 11.9 Å². The second-order valence-corrected chi connectivity index (χ2v) is 8.09. The second kappa shape index (κ2) is 7.21. The maximum Gasteiger partial charge on any atom is 0.218 e. The molecule has 0 saturated carbocycles. The number of pyridine rings is 1. The zero-order valence-electron chi connectivity index (χ0n) is 13.9. The highest BCUT2D eigenvalue weighted by Crippen LogP contribution is 2.21. The van der Waals surface area contributed by atoms with E-state index in [1.54, 1.807) is 12.1 Å². The molecule has 0 bridgehead atoms. The van der Waals surface area contributed by atoms with Gasteiger partial charge in [0.1, 0.15) is 6.10 Å². The maximum atomic E-state index is 12.6. The Hall–Kier alpha value is -2.43. The van der Waals surface area contributed by atoms with Gasteiger partial charge in [-0.05, 0) is 25.0 Å². The van der Waals surface area contributed by atoms with Crippen molar-refractivity contribution in [2.24, 2.45) is 0 Å². The Labute approximate surface area is 147 Å². The van der Waals surface area contributed by atoms with Crippen molar-refractivity contribution in [3.05, 3.63) is 59.3 Å². The quantitative estimate of drug-likeness (QED) is 0.819. The van der Waals surface area contributed by atoms with Crippen molar-refractivity contribution in [3.63, 3.8) is 0 Å². The fourth-order valence-electron chi connectivity index (χ4n) is 2.75. The normalized spacial score (nSPS) is 18.0. The number of sulfonamides is 1. The van der Waals surface area contributed by atoms with Crippen LogP contribution >= 0.6 is 0 Å². The zero-order valence-corrected chi connectivity index (χ0v) is 14.7. The molecule has 0 radical (unpaired) electrons. The molecule has 0 aliphatic carbocycles. The smallest absolute Gasteiger partial charge is 0.218 e. The number of hydrogen-bond acceptors (Lipinski definition) is 5. The molecule has 7 heteroatoms. The van der Waals surface area contributed by atoms with E-state index >= 15 is 0 Å². The van der Waals surface area contributed by atoms with E-state index in [0.29, 0.717) is 31.0 Å². The van der Waals surface area contributed by atoms with E-state index in [1.807, 2.05) is 37.3 Å². The predicted molar refractivity (Wildman–Crippen MR) is 93.4 cm³/mol. The lowest BCUT2D eigenvalue weighted by atomic mass is 10.2. The van der Waals surface area contributed by atoms with Crippen LogP contribution in [0.25, 0.3) is 0 Å². The number of aromatic nitrogens is 1. The zero-order chi connectivity index (χ0) is 17.9. The van der Waals surface area contributed by atoms with Gasteiger partial charge in [0.25, 0.3) is 0 Å². The number of hydrogen-bond donors (Lipinski definition) is 0. The maximum absolute atomic E-state index is 12.6. The predicted octanol–water partition coefficient (Wildman–Crippen LogP) is 2.24. The first-order chi connectivity index (χ1) is 12.0. The summed E-state index contributed by atoms with van der Waals surface area (Å²) >= 11 is 0. The number of benzene rings is 1. The van der Waals surface area contributed by atoms with Gasteiger partial charge in [0, 0.05) is 18.8 Å². The van der Waals surface area contributed by atoms with Crippen LogP contribution in [-0.2, 0) is 15.8 Å². The Kier molecular flexibility index (Phi) is 5.02. The van der Waals surface area contributed by atoms with Gasteiger partial charge in [-0.1, -0.05) is 29.8 Å². The molecule has 1 aromatic carbocycles. The molecule has 0 spiro atoms. The molecule has 130 valence electrons. The standard InChI is InChI=1S/C18H19N3O3S/c1-14-2-4-15(5-3-14)13-25(22,23)21-9-7-17(12-21)24-18-10-16(11-19)6-8-20-18/h2-6,8,10,17H,7,9,12-13H2,1H3. The average molecular weight is 357 g/mol. The summed E-state index contributed by atoms with van der Waals surface area (Å²) in [7, 11) is -3.38. The van der Waals surface area contributed by atoms with Crippen LogP contribution in [0.5, 0.6) is 5.88 Å². The molecular weight excluding hydrogens is 338 g/mol. The molecule has 1 aliphatic rings. The first-order valence-electron chi connectivity index (χ1n) is 8.02. The van der Waals surface area contributed by atoms with Gasteiger partial charge in [-0.3, -0.25) is 0 Å². The third-order valence-corrected chi connectivity index (χ3v) is 5.94. The molecule has 1 atom stereocenters. The van der Waals surface area contributed by atoms with Crippen molar-refractivity contribution in [2.45, 2.75) is 25.2 Å². The Morgan fingerprint density at radius 3 is 2.80 bits per heavy atom. The van der Waals surface area contributed by atoms with Crippen LogP contribution in [0.1, 0.15) is 23.1 Å². The van der Waals surface area contributed by atoms with Gasteiger partial charge in [-0.25, -0.2) is 13.4 Å². The summed E-state index contributed by atoms with van der Waals surface area (Å²) in [5, 5.41) is 8.91. The van der Waals surface area contributed by atoms with Crippen molar-refractivity contribution in [2.75, 3.05) is 13.1 Å². The number of rotatable bonds is 5. The van der Waals surface area contributed by atoms with Crippen LogP contribution in [-0.4, -0.2) is 36.9 Å².